The molecule has 2 nitrogen and oxygen atoms in total. The molecule has 0 aliphatic heterocycles. The molecule has 50 heavy (non-hydrogen) atoms. The van der Waals surface area contributed by atoms with Crippen molar-refractivity contribution < 1.29 is 8.78 Å². The maximum atomic E-state index is 14.0. The van der Waals surface area contributed by atoms with Gasteiger partial charge in [0.25, 0.3) is 0 Å². The monoisotopic (exact) mass is 648 g/mol. The van der Waals surface area contributed by atoms with E-state index in [1.807, 2.05) is 48.5 Å². The molecule has 0 aliphatic carbocycles. The predicted molar refractivity (Wildman–Crippen MR) is 206 cm³/mol. The third kappa shape index (κ3) is 5.47. The maximum Gasteiger partial charge on any atom is 0.123 e. The molecule has 0 unspecified atom stereocenters. The van der Waals surface area contributed by atoms with Crippen LogP contribution in [0.25, 0.3) is 43.1 Å². The normalized spacial score (nSPS) is 11.4. The molecule has 0 saturated heterocycles. The Morgan fingerprint density at radius 3 is 0.900 bits per heavy atom. The number of fused-ring (bicyclic) bond motifs is 4. The van der Waals surface area contributed by atoms with Crippen molar-refractivity contribution in [1.82, 2.24) is 0 Å². The van der Waals surface area contributed by atoms with E-state index in [1.165, 1.54) is 35.0 Å². The summed E-state index contributed by atoms with van der Waals surface area (Å²) >= 11 is 0. The Morgan fingerprint density at radius 1 is 0.240 bits per heavy atom. The van der Waals surface area contributed by atoms with Crippen LogP contribution in [0.1, 0.15) is 0 Å². The molecule has 9 aromatic carbocycles. The molecule has 0 saturated carbocycles. The summed E-state index contributed by atoms with van der Waals surface area (Å²) in [5, 5.41) is 9.01. The van der Waals surface area contributed by atoms with E-state index in [2.05, 4.69) is 119 Å². The average Bonchev–Trinajstić information content (AvgIpc) is 3.15. The zero-order valence-electron chi connectivity index (χ0n) is 27.0. The summed E-state index contributed by atoms with van der Waals surface area (Å²) in [5.74, 6) is -0.537. The number of hydrogen-bond acceptors (Lipinski definition) is 2. The molecule has 0 heterocycles. The first-order valence-corrected chi connectivity index (χ1v) is 16.6. The van der Waals surface area contributed by atoms with Gasteiger partial charge in [0.15, 0.2) is 0 Å². The van der Waals surface area contributed by atoms with Crippen LogP contribution < -0.4 is 9.80 Å². The van der Waals surface area contributed by atoms with Crippen LogP contribution in [-0.2, 0) is 0 Å². The number of benzene rings is 9. The van der Waals surface area contributed by atoms with Crippen LogP contribution in [0.5, 0.6) is 0 Å². The minimum atomic E-state index is -0.268. The highest BCUT2D eigenvalue weighted by atomic mass is 19.1. The molecule has 0 aliphatic rings. The molecule has 0 aromatic heterocycles. The van der Waals surface area contributed by atoms with Gasteiger partial charge in [-0.05, 0) is 152 Å². The number of hydrogen-bond donors (Lipinski definition) is 0. The lowest BCUT2D eigenvalue weighted by atomic mass is 10.0. The smallest absolute Gasteiger partial charge is 0.123 e. The highest BCUT2D eigenvalue weighted by molar-refractivity contribution is 6.02. The number of anilines is 6. The van der Waals surface area contributed by atoms with Gasteiger partial charge in [-0.15, -0.1) is 0 Å². The van der Waals surface area contributed by atoms with E-state index in [0.29, 0.717) is 0 Å². The highest BCUT2D eigenvalue weighted by Gasteiger charge is 2.16. The summed E-state index contributed by atoms with van der Waals surface area (Å²) in [6.45, 7) is 0. The third-order valence-electron chi connectivity index (χ3n) is 9.43. The second kappa shape index (κ2) is 12.2. The van der Waals surface area contributed by atoms with Crippen molar-refractivity contribution in [3.63, 3.8) is 0 Å². The topological polar surface area (TPSA) is 6.48 Å². The SMILES string of the molecule is Fc1ccc(N(c2ccc3ccccc3c2)c2ccc3cc4cc(N(c5ccc(F)cc5)c5ccc6ccccc6c5)ccc4cc3c2)cc1. The first-order chi connectivity index (χ1) is 24.6. The van der Waals surface area contributed by atoms with E-state index >= 15 is 0 Å². The summed E-state index contributed by atoms with van der Waals surface area (Å²) in [5.41, 5.74) is 5.70. The molecule has 0 atom stereocenters. The maximum absolute atomic E-state index is 14.0. The summed E-state index contributed by atoms with van der Waals surface area (Å²) in [6, 6.07) is 60.1. The summed E-state index contributed by atoms with van der Waals surface area (Å²) in [7, 11) is 0. The second-order valence-corrected chi connectivity index (χ2v) is 12.6. The van der Waals surface area contributed by atoms with Crippen LogP contribution in [0.3, 0.4) is 0 Å². The Bertz CT molecular complexity index is 2500. The van der Waals surface area contributed by atoms with E-state index in [9.17, 15) is 8.78 Å². The quantitative estimate of drug-likeness (QED) is 0.166. The first-order valence-electron chi connectivity index (χ1n) is 16.6. The van der Waals surface area contributed by atoms with Crippen molar-refractivity contribution in [2.75, 3.05) is 9.80 Å². The fourth-order valence-electron chi connectivity index (χ4n) is 6.96. The van der Waals surface area contributed by atoms with Crippen molar-refractivity contribution in [1.29, 1.82) is 0 Å². The Labute approximate surface area is 288 Å². The number of rotatable bonds is 6. The first kappa shape index (κ1) is 29.6. The average molecular weight is 649 g/mol. The molecule has 0 spiro atoms. The molecule has 4 heteroatoms. The Kier molecular flexibility index (Phi) is 7.21. The molecule has 0 amide bonds. The van der Waals surface area contributed by atoms with Crippen molar-refractivity contribution in [3.8, 4) is 0 Å². The molecular weight excluding hydrogens is 619 g/mol. The highest BCUT2D eigenvalue weighted by Crippen LogP contribution is 2.40. The zero-order valence-corrected chi connectivity index (χ0v) is 27.0. The molecule has 9 rings (SSSR count). The van der Waals surface area contributed by atoms with Crippen LogP contribution in [0, 0.1) is 11.6 Å². The van der Waals surface area contributed by atoms with Gasteiger partial charge in [-0.25, -0.2) is 8.78 Å². The fourth-order valence-corrected chi connectivity index (χ4v) is 6.96. The van der Waals surface area contributed by atoms with Gasteiger partial charge in [-0.2, -0.15) is 0 Å². The van der Waals surface area contributed by atoms with Gasteiger partial charge in [-0.3, -0.25) is 0 Å². The van der Waals surface area contributed by atoms with E-state index < -0.39 is 0 Å². The minimum Gasteiger partial charge on any atom is -0.310 e. The van der Waals surface area contributed by atoms with E-state index in [-0.39, 0.29) is 11.6 Å². The minimum absolute atomic E-state index is 0.268. The van der Waals surface area contributed by atoms with Gasteiger partial charge >= 0.3 is 0 Å². The number of halogens is 2. The van der Waals surface area contributed by atoms with Crippen LogP contribution in [0.2, 0.25) is 0 Å². The molecule has 0 radical (unpaired) electrons. The van der Waals surface area contributed by atoms with Crippen molar-refractivity contribution >= 4 is 77.2 Å². The van der Waals surface area contributed by atoms with Crippen molar-refractivity contribution in [2.45, 2.75) is 0 Å². The summed E-state index contributed by atoms with van der Waals surface area (Å²) in [6.07, 6.45) is 0. The number of nitrogens with zero attached hydrogens (tertiary/aromatic N) is 2. The van der Waals surface area contributed by atoms with E-state index in [0.717, 1.165) is 66.4 Å². The molecule has 9 aromatic rings. The van der Waals surface area contributed by atoms with Crippen molar-refractivity contribution in [3.05, 3.63) is 194 Å². The van der Waals surface area contributed by atoms with Gasteiger partial charge < -0.3 is 9.80 Å². The largest absolute Gasteiger partial charge is 0.310 e. The van der Waals surface area contributed by atoms with Crippen LogP contribution in [-0.4, -0.2) is 0 Å². The zero-order chi connectivity index (χ0) is 33.6. The Morgan fingerprint density at radius 2 is 0.520 bits per heavy atom. The summed E-state index contributed by atoms with van der Waals surface area (Å²) in [4.78, 5) is 4.34. The van der Waals surface area contributed by atoms with Gasteiger partial charge in [-0.1, -0.05) is 72.8 Å². The fraction of sp³-hybridized carbons (Fsp3) is 0. The van der Waals surface area contributed by atoms with E-state index in [1.54, 1.807) is 0 Å². The second-order valence-electron chi connectivity index (χ2n) is 12.6. The molecule has 238 valence electrons. The Hall–Kier alpha value is -6.52. The van der Waals surface area contributed by atoms with Gasteiger partial charge in [0.05, 0.1) is 0 Å². The molecule has 0 bridgehead atoms. The van der Waals surface area contributed by atoms with Crippen LogP contribution in [0.4, 0.5) is 42.9 Å². The van der Waals surface area contributed by atoms with Gasteiger partial charge in [0, 0.05) is 34.1 Å². The lowest BCUT2D eigenvalue weighted by Crippen LogP contribution is -2.10. The third-order valence-corrected chi connectivity index (χ3v) is 9.43. The molecular formula is C46H30F2N2. The summed E-state index contributed by atoms with van der Waals surface area (Å²) < 4.78 is 28.1. The predicted octanol–water partition coefficient (Wildman–Crippen LogP) is 13.5. The lowest BCUT2D eigenvalue weighted by molar-refractivity contribution is 0.627. The lowest BCUT2D eigenvalue weighted by Gasteiger charge is -2.27. The Balaban J connectivity index is 1.15. The van der Waals surface area contributed by atoms with Crippen LogP contribution >= 0.6 is 0 Å². The van der Waals surface area contributed by atoms with Gasteiger partial charge in [0.1, 0.15) is 11.6 Å². The van der Waals surface area contributed by atoms with E-state index in [4.69, 9.17) is 0 Å². The molecule has 0 N–H and O–H groups in total. The van der Waals surface area contributed by atoms with Crippen LogP contribution in [0.15, 0.2) is 182 Å². The standard InChI is InChI=1S/C46H30F2N2/c47-39-13-21-41(22-14-39)49(43-17-9-31-5-1-3-7-33(31)27-43)45-19-11-35-26-38-30-46(20-12-36(38)25-37(35)29-45)50(42-23-15-40(48)16-24-42)44-18-10-32-6-2-4-8-34(32)28-44/h1-30H. The van der Waals surface area contributed by atoms with Gasteiger partial charge in [0.2, 0.25) is 0 Å². The van der Waals surface area contributed by atoms with Crippen molar-refractivity contribution in [2.24, 2.45) is 0 Å². The molecule has 0 fully saturated rings.